The summed E-state index contributed by atoms with van der Waals surface area (Å²) in [6.45, 7) is 0. The molecule has 0 aliphatic rings. The summed E-state index contributed by atoms with van der Waals surface area (Å²) in [6, 6.07) is 8.77. The summed E-state index contributed by atoms with van der Waals surface area (Å²) in [7, 11) is -2.37. The van der Waals surface area contributed by atoms with Crippen molar-refractivity contribution in [3.05, 3.63) is 40.9 Å². The van der Waals surface area contributed by atoms with Crippen molar-refractivity contribution in [2.75, 3.05) is 13.4 Å². The van der Waals surface area contributed by atoms with Crippen LogP contribution in [0.15, 0.2) is 35.6 Å². The quantitative estimate of drug-likeness (QED) is 0.512. The minimum absolute atomic E-state index is 0.236. The Kier molecular flexibility index (Phi) is 4.24. The van der Waals surface area contributed by atoms with Crippen LogP contribution in [-0.2, 0) is 14.6 Å². The normalized spacial score (nSPS) is 11.2. The van der Waals surface area contributed by atoms with Gasteiger partial charge in [-0.05, 0) is 6.07 Å². The highest BCUT2D eigenvalue weighted by atomic mass is 32.2. The lowest BCUT2D eigenvalue weighted by molar-refractivity contribution is 0.0607. The summed E-state index contributed by atoms with van der Waals surface area (Å²) in [5, 5.41) is 9.03. The molecule has 9 heteroatoms. The fraction of sp³-hybridized carbons (Fsp3) is 0.125. The van der Waals surface area contributed by atoms with E-state index in [4.69, 9.17) is 4.74 Å². The molecule has 0 aliphatic heterocycles. The van der Waals surface area contributed by atoms with Gasteiger partial charge >= 0.3 is 5.97 Å². The Bertz CT molecular complexity index is 1140. The first kappa shape index (κ1) is 17.0. The molecule has 0 N–H and O–H groups in total. The van der Waals surface area contributed by atoms with Crippen LogP contribution in [0.25, 0.3) is 21.3 Å². The number of sulfone groups is 1. The van der Waals surface area contributed by atoms with Gasteiger partial charge in [-0.1, -0.05) is 18.2 Å². The van der Waals surface area contributed by atoms with Crippen molar-refractivity contribution in [2.45, 2.75) is 5.16 Å². The molecule has 0 amide bonds. The Morgan fingerprint density at radius 1 is 1.32 bits per heavy atom. The molecule has 0 bridgehead atoms. The maximum Gasteiger partial charge on any atom is 0.348 e. The molecule has 2 aromatic heterocycles. The second-order valence-electron chi connectivity index (χ2n) is 5.09. The number of carbonyl (C=O) groups excluding carboxylic acids is 1. The average molecular weight is 373 g/mol. The number of carbonyl (C=O) groups is 1. The van der Waals surface area contributed by atoms with Gasteiger partial charge in [0.25, 0.3) is 0 Å². The van der Waals surface area contributed by atoms with E-state index in [1.807, 2.05) is 0 Å². The van der Waals surface area contributed by atoms with Crippen molar-refractivity contribution in [1.29, 1.82) is 5.26 Å². The van der Waals surface area contributed by atoms with Crippen molar-refractivity contribution in [1.82, 2.24) is 9.97 Å². The van der Waals surface area contributed by atoms with E-state index in [0.717, 1.165) is 17.6 Å². The second kappa shape index (κ2) is 6.23. The van der Waals surface area contributed by atoms with Crippen molar-refractivity contribution in [2.24, 2.45) is 0 Å². The molecule has 0 saturated heterocycles. The highest BCUT2D eigenvalue weighted by Crippen LogP contribution is 2.39. The molecule has 0 spiro atoms. The van der Waals surface area contributed by atoms with Crippen LogP contribution in [0, 0.1) is 11.3 Å². The Balaban J connectivity index is 2.45. The summed E-state index contributed by atoms with van der Waals surface area (Å²) >= 11 is 1.09. The molecule has 3 rings (SSSR count). The molecule has 7 nitrogen and oxygen atoms in total. The first-order chi connectivity index (χ1) is 11.9. The first-order valence-corrected chi connectivity index (χ1v) is 9.65. The number of nitriles is 1. The highest BCUT2D eigenvalue weighted by molar-refractivity contribution is 7.90. The molecule has 0 unspecified atom stereocenters. The number of esters is 1. The van der Waals surface area contributed by atoms with Gasteiger partial charge in [0.15, 0.2) is 0 Å². The highest BCUT2D eigenvalue weighted by Gasteiger charge is 2.25. The number of rotatable bonds is 3. The smallest absolute Gasteiger partial charge is 0.348 e. The van der Waals surface area contributed by atoms with Crippen LogP contribution in [0.5, 0.6) is 0 Å². The Morgan fingerprint density at radius 3 is 2.68 bits per heavy atom. The summed E-state index contributed by atoms with van der Waals surface area (Å²) in [5.74, 6) is -0.591. The maximum absolute atomic E-state index is 12.2. The summed E-state index contributed by atoms with van der Waals surface area (Å²) in [5.41, 5.74) is 1.49. The number of methoxy groups -OCH3 is 1. The number of ether oxygens (including phenoxy) is 1. The van der Waals surface area contributed by atoms with Gasteiger partial charge in [0.05, 0.1) is 29.0 Å². The molecule has 0 saturated carbocycles. The molecule has 0 radical (unpaired) electrons. The number of hydrogen-bond acceptors (Lipinski definition) is 8. The number of nitrogens with zero attached hydrogens (tertiary/aromatic N) is 3. The third kappa shape index (κ3) is 2.97. The van der Waals surface area contributed by atoms with Gasteiger partial charge < -0.3 is 4.74 Å². The molecular formula is C16H11N3O4S2. The van der Waals surface area contributed by atoms with Crippen LogP contribution in [-0.4, -0.2) is 37.7 Å². The minimum atomic E-state index is -3.62. The number of fused-ring (bicyclic) bond motifs is 1. The molecule has 126 valence electrons. The van der Waals surface area contributed by atoms with Crippen LogP contribution in [0.2, 0.25) is 0 Å². The predicted octanol–water partition coefficient (Wildman–Crippen LogP) is 2.42. The zero-order valence-electron chi connectivity index (χ0n) is 13.2. The van der Waals surface area contributed by atoms with Gasteiger partial charge in [-0.25, -0.2) is 23.2 Å². The number of benzene rings is 1. The molecule has 0 atom stereocenters. The standard InChI is InChI=1S/C16H11N3O4S2/c1-23-15(20)14-12(10-6-4-3-5-9(10)7-17)13-11(24-14)8-18-16(19-13)25(2,21)22/h3-6,8H,1-2H3. The van der Waals surface area contributed by atoms with E-state index >= 15 is 0 Å². The first-order valence-electron chi connectivity index (χ1n) is 6.94. The van der Waals surface area contributed by atoms with Crippen molar-refractivity contribution >= 4 is 37.4 Å². The third-order valence-corrected chi connectivity index (χ3v) is 5.38. The SMILES string of the molecule is COC(=O)c1sc2cnc(S(C)(=O)=O)nc2c1-c1ccccc1C#N. The van der Waals surface area contributed by atoms with Crippen LogP contribution >= 0.6 is 11.3 Å². The minimum Gasteiger partial charge on any atom is -0.465 e. The van der Waals surface area contributed by atoms with E-state index in [-0.39, 0.29) is 10.0 Å². The predicted molar refractivity (Wildman–Crippen MR) is 92.0 cm³/mol. The zero-order valence-corrected chi connectivity index (χ0v) is 14.8. The van der Waals surface area contributed by atoms with Crippen LogP contribution in [0.4, 0.5) is 0 Å². The van der Waals surface area contributed by atoms with E-state index in [1.54, 1.807) is 24.3 Å². The van der Waals surface area contributed by atoms with Crippen molar-refractivity contribution in [3.63, 3.8) is 0 Å². The Hall–Kier alpha value is -2.83. The average Bonchev–Trinajstić information content (AvgIpc) is 2.98. The molecule has 0 fully saturated rings. The van der Waals surface area contributed by atoms with E-state index in [0.29, 0.717) is 26.9 Å². The van der Waals surface area contributed by atoms with Crippen LogP contribution < -0.4 is 0 Å². The topological polar surface area (TPSA) is 110 Å². The van der Waals surface area contributed by atoms with Crippen molar-refractivity contribution in [3.8, 4) is 17.2 Å². The summed E-state index contributed by atoms with van der Waals surface area (Å²) in [6.07, 6.45) is 2.36. The van der Waals surface area contributed by atoms with Crippen molar-refractivity contribution < 1.29 is 17.9 Å². The molecular weight excluding hydrogens is 362 g/mol. The number of thiophene rings is 1. The lowest BCUT2D eigenvalue weighted by atomic mass is 10.00. The van der Waals surface area contributed by atoms with E-state index in [9.17, 15) is 18.5 Å². The molecule has 3 aromatic rings. The third-order valence-electron chi connectivity index (χ3n) is 3.43. The van der Waals surface area contributed by atoms with E-state index in [2.05, 4.69) is 16.0 Å². The Morgan fingerprint density at radius 2 is 2.04 bits per heavy atom. The fourth-order valence-corrected chi connectivity index (χ4v) is 3.89. The monoisotopic (exact) mass is 373 g/mol. The van der Waals surface area contributed by atoms with Gasteiger partial charge in [-0.3, -0.25) is 0 Å². The Labute approximate surface area is 147 Å². The fourth-order valence-electron chi connectivity index (χ4n) is 2.34. The molecule has 1 aromatic carbocycles. The largest absolute Gasteiger partial charge is 0.465 e. The lowest BCUT2D eigenvalue weighted by Gasteiger charge is -2.06. The number of hydrogen-bond donors (Lipinski definition) is 0. The molecule has 25 heavy (non-hydrogen) atoms. The van der Waals surface area contributed by atoms with Crippen LogP contribution in [0.3, 0.4) is 0 Å². The summed E-state index contributed by atoms with van der Waals surface area (Å²) < 4.78 is 28.9. The zero-order chi connectivity index (χ0) is 18.2. The van der Waals surface area contributed by atoms with E-state index in [1.165, 1.54) is 13.3 Å². The summed E-state index contributed by atoms with van der Waals surface area (Å²) in [4.78, 5) is 20.4. The van der Waals surface area contributed by atoms with Gasteiger partial charge in [0.1, 0.15) is 4.88 Å². The molecule has 2 heterocycles. The van der Waals surface area contributed by atoms with Gasteiger partial charge in [-0.2, -0.15) is 5.26 Å². The second-order valence-corrected chi connectivity index (χ2v) is 8.05. The lowest BCUT2D eigenvalue weighted by Crippen LogP contribution is -2.04. The molecule has 0 aliphatic carbocycles. The van der Waals surface area contributed by atoms with Crippen LogP contribution in [0.1, 0.15) is 15.2 Å². The van der Waals surface area contributed by atoms with Gasteiger partial charge in [0, 0.05) is 23.6 Å². The maximum atomic E-state index is 12.2. The van der Waals surface area contributed by atoms with Gasteiger partial charge in [0.2, 0.25) is 15.0 Å². The van der Waals surface area contributed by atoms with Gasteiger partial charge in [-0.15, -0.1) is 11.3 Å². The number of aromatic nitrogens is 2. The van der Waals surface area contributed by atoms with E-state index < -0.39 is 15.8 Å².